The molecule has 0 saturated carbocycles. The minimum Gasteiger partial charge on any atom is -0.508 e. The first kappa shape index (κ1) is 41.0. The molecule has 3 heterocycles. The van der Waals surface area contributed by atoms with E-state index in [4.69, 9.17) is 14.2 Å². The lowest BCUT2D eigenvalue weighted by molar-refractivity contribution is 0.220. The highest BCUT2D eigenvalue weighted by Crippen LogP contribution is 2.59. The van der Waals surface area contributed by atoms with E-state index < -0.39 is 36.1 Å². The number of benzene rings is 8. The first-order valence-corrected chi connectivity index (χ1v) is 21.7. The number of fused-ring (bicyclic) bond motifs is 3. The van der Waals surface area contributed by atoms with Crippen LogP contribution in [0.15, 0.2) is 158 Å². The largest absolute Gasteiger partial charge is 0.508 e. The first-order valence-electron chi connectivity index (χ1n) is 21.7. The highest BCUT2D eigenvalue weighted by Gasteiger charge is 2.45. The minimum absolute atomic E-state index is 0.0242. The van der Waals surface area contributed by atoms with Crippen molar-refractivity contribution < 1.29 is 55.1 Å². The minimum atomic E-state index is -0.647. The maximum atomic E-state index is 11.5. The zero-order valence-corrected chi connectivity index (χ0v) is 35.4. The van der Waals surface area contributed by atoms with E-state index in [0.29, 0.717) is 33.9 Å². The van der Waals surface area contributed by atoms with E-state index in [1.54, 1.807) is 109 Å². The van der Waals surface area contributed by atoms with Gasteiger partial charge in [-0.15, -0.1) is 0 Å². The molecule has 332 valence electrons. The van der Waals surface area contributed by atoms with E-state index in [2.05, 4.69) is 0 Å². The van der Waals surface area contributed by atoms with Gasteiger partial charge in [-0.2, -0.15) is 0 Å². The molecule has 0 spiro atoms. The van der Waals surface area contributed by atoms with Crippen LogP contribution in [0.2, 0.25) is 0 Å². The van der Waals surface area contributed by atoms with Gasteiger partial charge in [-0.05, 0) is 129 Å². The number of phenolic OH excluding ortho intramolecular Hbond substituents is 8. The monoisotopic (exact) mass is 890 g/mol. The average molecular weight is 891 g/mol. The van der Waals surface area contributed by atoms with Gasteiger partial charge in [0.2, 0.25) is 0 Å². The second-order valence-electron chi connectivity index (χ2n) is 17.2. The molecule has 6 atom stereocenters. The summed E-state index contributed by atoms with van der Waals surface area (Å²) in [5.41, 5.74) is 8.06. The lowest BCUT2D eigenvalue weighted by atomic mass is 9.76. The molecule has 8 aromatic rings. The summed E-state index contributed by atoms with van der Waals surface area (Å²) in [6.45, 7) is 0. The first-order chi connectivity index (χ1) is 32.4. The molecule has 0 radical (unpaired) electrons. The number of hydrogen-bond donors (Lipinski definition) is 8. The topological polar surface area (TPSA) is 190 Å². The molecule has 3 aliphatic heterocycles. The zero-order chi connectivity index (χ0) is 46.1. The second kappa shape index (κ2) is 16.1. The summed E-state index contributed by atoms with van der Waals surface area (Å²) in [5, 5.41) is 85.2. The molecular weight excluding hydrogens is 849 g/mol. The Labute approximate surface area is 384 Å². The standard InChI is InChI=1S/C56H42O11/c57-36-13-7-30(8-14-36)54-50(33-2-1-3-39(60)21-33)53-45(26-43(64)28-48(53)67-54)52-44-20-29(5-19-46(44)65-56(52)32-11-17-38(59)18-12-32)4-6-34-22-42(63)27-47-49(34)51(35-23-40(61)25-41(62)24-35)55(66-47)31-9-15-37(58)16-10-31/h1-28,50-52,54-64H/b6-4+. The van der Waals surface area contributed by atoms with E-state index in [0.717, 1.165) is 44.5 Å². The van der Waals surface area contributed by atoms with Crippen LogP contribution in [0.25, 0.3) is 12.2 Å². The molecular formula is C56H42O11. The summed E-state index contributed by atoms with van der Waals surface area (Å²) in [6.07, 6.45) is 1.92. The fraction of sp³-hybridized carbons (Fsp3) is 0.107. The summed E-state index contributed by atoms with van der Waals surface area (Å²) in [4.78, 5) is 0. The number of aromatic hydroxyl groups is 8. The number of ether oxygens (including phenoxy) is 3. The van der Waals surface area contributed by atoms with Crippen LogP contribution in [-0.4, -0.2) is 40.9 Å². The number of hydrogen-bond acceptors (Lipinski definition) is 11. The highest BCUT2D eigenvalue weighted by atomic mass is 16.5. The Morgan fingerprint density at radius 1 is 0.313 bits per heavy atom. The second-order valence-corrected chi connectivity index (χ2v) is 17.2. The molecule has 0 bridgehead atoms. The lowest BCUT2D eigenvalue weighted by Gasteiger charge is -2.25. The summed E-state index contributed by atoms with van der Waals surface area (Å²) < 4.78 is 20.1. The van der Waals surface area contributed by atoms with Crippen molar-refractivity contribution in [3.8, 4) is 63.2 Å². The van der Waals surface area contributed by atoms with Crippen molar-refractivity contribution in [2.24, 2.45) is 0 Å². The van der Waals surface area contributed by atoms with Crippen molar-refractivity contribution >= 4 is 12.2 Å². The molecule has 0 aromatic heterocycles. The molecule has 3 aliphatic rings. The van der Waals surface area contributed by atoms with Crippen LogP contribution in [-0.2, 0) is 0 Å². The van der Waals surface area contributed by atoms with Gasteiger partial charge in [0.25, 0.3) is 0 Å². The molecule has 0 amide bonds. The van der Waals surface area contributed by atoms with E-state index in [-0.39, 0.29) is 46.0 Å². The van der Waals surface area contributed by atoms with Crippen molar-refractivity contribution in [3.63, 3.8) is 0 Å². The van der Waals surface area contributed by atoms with Crippen LogP contribution < -0.4 is 14.2 Å². The highest BCUT2D eigenvalue weighted by molar-refractivity contribution is 5.76. The quantitative estimate of drug-likeness (QED) is 0.0678. The molecule has 11 nitrogen and oxygen atoms in total. The average Bonchev–Trinajstić information content (AvgIpc) is 4.00. The third-order valence-electron chi connectivity index (χ3n) is 12.9. The summed E-state index contributed by atoms with van der Waals surface area (Å²) >= 11 is 0. The maximum absolute atomic E-state index is 11.5. The Morgan fingerprint density at radius 3 is 1.39 bits per heavy atom. The third-order valence-corrected chi connectivity index (χ3v) is 12.9. The van der Waals surface area contributed by atoms with Gasteiger partial charge >= 0.3 is 0 Å². The zero-order valence-electron chi connectivity index (χ0n) is 35.4. The molecule has 11 rings (SSSR count). The van der Waals surface area contributed by atoms with Gasteiger partial charge in [-0.1, -0.05) is 66.7 Å². The van der Waals surface area contributed by atoms with Gasteiger partial charge in [0, 0.05) is 34.9 Å². The van der Waals surface area contributed by atoms with E-state index in [1.165, 1.54) is 12.1 Å². The Morgan fingerprint density at radius 2 is 0.806 bits per heavy atom. The summed E-state index contributed by atoms with van der Waals surface area (Å²) in [6, 6.07) is 44.0. The molecule has 0 fully saturated rings. The van der Waals surface area contributed by atoms with E-state index in [9.17, 15) is 40.9 Å². The Bertz CT molecular complexity index is 3210. The molecule has 11 heteroatoms. The van der Waals surface area contributed by atoms with Gasteiger partial charge in [-0.25, -0.2) is 0 Å². The fourth-order valence-corrected chi connectivity index (χ4v) is 10.1. The summed E-state index contributed by atoms with van der Waals surface area (Å²) in [5.74, 6) is -0.0521. The van der Waals surface area contributed by atoms with Gasteiger partial charge < -0.3 is 55.1 Å². The van der Waals surface area contributed by atoms with Crippen LogP contribution >= 0.6 is 0 Å². The maximum Gasteiger partial charge on any atom is 0.135 e. The molecule has 6 unspecified atom stereocenters. The Balaban J connectivity index is 1.04. The van der Waals surface area contributed by atoms with Crippen LogP contribution in [0, 0.1) is 0 Å². The number of phenols is 8. The molecule has 0 saturated heterocycles. The van der Waals surface area contributed by atoms with Crippen molar-refractivity contribution in [1.29, 1.82) is 0 Å². The van der Waals surface area contributed by atoms with Gasteiger partial charge in [-0.3, -0.25) is 0 Å². The molecule has 67 heavy (non-hydrogen) atoms. The normalized spacial score (nSPS) is 20.1. The predicted molar refractivity (Wildman–Crippen MR) is 249 cm³/mol. The van der Waals surface area contributed by atoms with E-state index >= 15 is 0 Å². The van der Waals surface area contributed by atoms with Crippen molar-refractivity contribution in [1.82, 2.24) is 0 Å². The van der Waals surface area contributed by atoms with Crippen molar-refractivity contribution in [2.45, 2.75) is 36.1 Å². The Hall–Kier alpha value is -8.70. The van der Waals surface area contributed by atoms with Crippen LogP contribution in [0.1, 0.15) is 97.3 Å². The van der Waals surface area contributed by atoms with Crippen LogP contribution in [0.5, 0.6) is 63.2 Å². The molecule has 8 aromatic carbocycles. The molecule has 0 aliphatic carbocycles. The smallest absolute Gasteiger partial charge is 0.135 e. The number of rotatable bonds is 8. The fourth-order valence-electron chi connectivity index (χ4n) is 10.1. The predicted octanol–water partition coefficient (Wildman–Crippen LogP) is 11.3. The Kier molecular flexibility index (Phi) is 9.84. The van der Waals surface area contributed by atoms with Crippen LogP contribution in [0.4, 0.5) is 0 Å². The lowest BCUT2D eigenvalue weighted by Crippen LogP contribution is -2.16. The van der Waals surface area contributed by atoms with Gasteiger partial charge in [0.1, 0.15) is 81.6 Å². The van der Waals surface area contributed by atoms with Gasteiger partial charge in [0.15, 0.2) is 0 Å². The van der Waals surface area contributed by atoms with Crippen LogP contribution in [0.3, 0.4) is 0 Å². The van der Waals surface area contributed by atoms with Gasteiger partial charge in [0.05, 0.1) is 17.8 Å². The summed E-state index contributed by atoms with van der Waals surface area (Å²) in [7, 11) is 0. The van der Waals surface area contributed by atoms with E-state index in [1.807, 2.05) is 48.6 Å². The third kappa shape index (κ3) is 7.46. The SMILES string of the molecule is Oc1ccc(C2Oc3ccc(/C=C/c4cc(O)cc5c4C(c4cc(O)cc(O)c4)C(c4ccc(O)cc4)O5)cc3C2c2cc(O)cc3c2C(c2cccc(O)c2)C(c2ccc(O)cc2)O3)cc1. The molecule has 8 N–H and O–H groups in total. The van der Waals surface area contributed by atoms with Crippen molar-refractivity contribution in [2.75, 3.05) is 0 Å². The van der Waals surface area contributed by atoms with Crippen molar-refractivity contribution in [3.05, 3.63) is 219 Å².